The highest BCUT2D eigenvalue weighted by atomic mass is 16.5. The van der Waals surface area contributed by atoms with Crippen molar-refractivity contribution in [2.45, 2.75) is 39.7 Å². The molecule has 0 aliphatic heterocycles. The molecule has 4 heteroatoms. The van der Waals surface area contributed by atoms with Crippen molar-refractivity contribution in [3.8, 4) is 0 Å². The summed E-state index contributed by atoms with van der Waals surface area (Å²) in [4.78, 5) is 22.1. The van der Waals surface area contributed by atoms with Gasteiger partial charge in [-0.05, 0) is 32.8 Å². The van der Waals surface area contributed by atoms with Crippen molar-refractivity contribution >= 4 is 12.3 Å². The Balaban J connectivity index is 4.85. The number of hydrogen-bond acceptors (Lipinski definition) is 4. The van der Waals surface area contributed by atoms with Crippen molar-refractivity contribution in [3.63, 3.8) is 0 Å². The molecule has 1 atom stereocenters. The van der Waals surface area contributed by atoms with Gasteiger partial charge in [0.2, 0.25) is 0 Å². The monoisotopic (exact) mass is 280 g/mol. The first-order valence-corrected chi connectivity index (χ1v) is 6.70. The number of hydrogen-bond donors (Lipinski definition) is 1. The standard InChI is InChI=1S/C16H24O4/c1-5-13(16(3,4)15(19)20-6-2)9-7-10-14(18)11-8-12-17/h5,7,9-10,12,14,18H,1,6,8,11H2,2-4H3/b10-7+,13-9+. The molecule has 4 nitrogen and oxygen atoms in total. The molecule has 0 aromatic carbocycles. The molecule has 0 bridgehead atoms. The van der Waals surface area contributed by atoms with Gasteiger partial charge in [0.05, 0.1) is 18.1 Å². The van der Waals surface area contributed by atoms with E-state index in [1.54, 1.807) is 45.1 Å². The van der Waals surface area contributed by atoms with Gasteiger partial charge in [0.1, 0.15) is 6.29 Å². The van der Waals surface area contributed by atoms with Gasteiger partial charge in [-0.1, -0.05) is 30.9 Å². The van der Waals surface area contributed by atoms with Crippen LogP contribution in [-0.4, -0.2) is 30.1 Å². The highest BCUT2D eigenvalue weighted by Crippen LogP contribution is 2.28. The number of carbonyl (C=O) groups is 2. The average Bonchev–Trinajstić information content (AvgIpc) is 2.41. The molecule has 0 rings (SSSR count). The van der Waals surface area contributed by atoms with Crippen LogP contribution in [0, 0.1) is 5.41 Å². The lowest BCUT2D eigenvalue weighted by atomic mass is 9.84. The first-order valence-electron chi connectivity index (χ1n) is 6.70. The third-order valence-electron chi connectivity index (χ3n) is 2.92. The molecular formula is C16H24O4. The number of carbonyl (C=O) groups excluding carboxylic acids is 2. The Labute approximate surface area is 120 Å². The average molecular weight is 280 g/mol. The van der Waals surface area contributed by atoms with E-state index < -0.39 is 11.5 Å². The first-order chi connectivity index (χ1) is 9.39. The van der Waals surface area contributed by atoms with Gasteiger partial charge in [0.15, 0.2) is 0 Å². The van der Waals surface area contributed by atoms with Crippen molar-refractivity contribution in [1.29, 1.82) is 0 Å². The van der Waals surface area contributed by atoms with E-state index in [0.717, 1.165) is 6.29 Å². The predicted molar refractivity (Wildman–Crippen MR) is 79.1 cm³/mol. The number of rotatable bonds is 9. The third kappa shape index (κ3) is 5.97. The van der Waals surface area contributed by atoms with E-state index in [1.807, 2.05) is 0 Å². The quantitative estimate of drug-likeness (QED) is 0.400. The maximum absolute atomic E-state index is 11.9. The molecule has 1 unspecified atom stereocenters. The van der Waals surface area contributed by atoms with Crippen LogP contribution in [-0.2, 0) is 14.3 Å². The second-order valence-electron chi connectivity index (χ2n) is 4.87. The van der Waals surface area contributed by atoms with Crippen molar-refractivity contribution < 1.29 is 19.4 Å². The summed E-state index contributed by atoms with van der Waals surface area (Å²) in [6, 6.07) is 0. The molecule has 112 valence electrons. The molecule has 0 fully saturated rings. The van der Waals surface area contributed by atoms with E-state index in [-0.39, 0.29) is 5.97 Å². The van der Waals surface area contributed by atoms with E-state index in [9.17, 15) is 14.7 Å². The molecule has 20 heavy (non-hydrogen) atoms. The minimum absolute atomic E-state index is 0.317. The Bertz CT molecular complexity index is 391. The molecular weight excluding hydrogens is 256 g/mol. The van der Waals surface area contributed by atoms with Crippen molar-refractivity contribution in [1.82, 2.24) is 0 Å². The maximum Gasteiger partial charge on any atom is 0.315 e. The molecule has 0 aromatic rings. The molecule has 0 radical (unpaired) electrons. The fourth-order valence-corrected chi connectivity index (χ4v) is 1.58. The highest BCUT2D eigenvalue weighted by molar-refractivity contribution is 5.80. The number of esters is 1. The molecule has 0 aliphatic carbocycles. The fraction of sp³-hybridized carbons (Fsp3) is 0.500. The van der Waals surface area contributed by atoms with Crippen LogP contribution in [0.3, 0.4) is 0 Å². The smallest absolute Gasteiger partial charge is 0.315 e. The molecule has 0 amide bonds. The Morgan fingerprint density at radius 1 is 1.45 bits per heavy atom. The SMILES string of the molecule is C=C/C(=C\C=C\C(O)CCC=O)C(C)(C)C(=O)OCC. The minimum atomic E-state index is -0.796. The second kappa shape index (κ2) is 9.26. The summed E-state index contributed by atoms with van der Waals surface area (Å²) < 4.78 is 5.03. The lowest BCUT2D eigenvalue weighted by Gasteiger charge is -2.23. The minimum Gasteiger partial charge on any atom is -0.465 e. The van der Waals surface area contributed by atoms with Crippen LogP contribution in [0.4, 0.5) is 0 Å². The van der Waals surface area contributed by atoms with E-state index in [2.05, 4.69) is 6.58 Å². The highest BCUT2D eigenvalue weighted by Gasteiger charge is 2.31. The van der Waals surface area contributed by atoms with Gasteiger partial charge in [0.25, 0.3) is 0 Å². The first kappa shape index (κ1) is 18.3. The molecule has 0 saturated heterocycles. The summed E-state index contributed by atoms with van der Waals surface area (Å²) in [6.07, 6.45) is 7.35. The molecule has 0 heterocycles. The summed E-state index contributed by atoms with van der Waals surface area (Å²) in [6.45, 7) is 9.30. The van der Waals surface area contributed by atoms with Gasteiger partial charge in [-0.15, -0.1) is 0 Å². The summed E-state index contributed by atoms with van der Waals surface area (Å²) >= 11 is 0. The van der Waals surface area contributed by atoms with E-state index >= 15 is 0 Å². The topological polar surface area (TPSA) is 63.6 Å². The van der Waals surface area contributed by atoms with Gasteiger partial charge < -0.3 is 14.6 Å². The van der Waals surface area contributed by atoms with Gasteiger partial charge in [0, 0.05) is 6.42 Å². The largest absolute Gasteiger partial charge is 0.465 e. The van der Waals surface area contributed by atoms with Crippen molar-refractivity contribution in [2.75, 3.05) is 6.61 Å². The van der Waals surface area contributed by atoms with Crippen LogP contribution < -0.4 is 0 Å². The van der Waals surface area contributed by atoms with Crippen molar-refractivity contribution in [2.24, 2.45) is 5.41 Å². The lowest BCUT2D eigenvalue weighted by molar-refractivity contribution is -0.151. The fourth-order valence-electron chi connectivity index (χ4n) is 1.58. The van der Waals surface area contributed by atoms with Crippen LogP contribution in [0.15, 0.2) is 36.5 Å². The van der Waals surface area contributed by atoms with E-state index in [1.165, 1.54) is 0 Å². The molecule has 0 spiro atoms. The molecule has 0 aromatic heterocycles. The molecule has 0 aliphatic rings. The maximum atomic E-state index is 11.9. The van der Waals surface area contributed by atoms with Gasteiger partial charge in [-0.2, -0.15) is 0 Å². The van der Waals surface area contributed by atoms with Crippen LogP contribution in [0.2, 0.25) is 0 Å². The third-order valence-corrected chi connectivity index (χ3v) is 2.92. The number of aliphatic hydroxyl groups is 1. The lowest BCUT2D eigenvalue weighted by Crippen LogP contribution is -2.28. The Hall–Kier alpha value is -1.68. The van der Waals surface area contributed by atoms with Gasteiger partial charge in [-0.25, -0.2) is 0 Å². The second-order valence-corrected chi connectivity index (χ2v) is 4.87. The zero-order chi connectivity index (χ0) is 15.6. The van der Waals surface area contributed by atoms with E-state index in [4.69, 9.17) is 4.74 Å². The normalized spacial score (nSPS) is 14.1. The van der Waals surface area contributed by atoms with Crippen LogP contribution in [0.25, 0.3) is 0 Å². The Morgan fingerprint density at radius 3 is 2.60 bits per heavy atom. The number of ether oxygens (including phenoxy) is 1. The Morgan fingerprint density at radius 2 is 2.10 bits per heavy atom. The van der Waals surface area contributed by atoms with Crippen LogP contribution >= 0.6 is 0 Å². The van der Waals surface area contributed by atoms with Crippen molar-refractivity contribution in [3.05, 3.63) is 36.5 Å². The zero-order valence-electron chi connectivity index (χ0n) is 12.5. The molecule has 1 N–H and O–H groups in total. The summed E-state index contributed by atoms with van der Waals surface area (Å²) in [7, 11) is 0. The summed E-state index contributed by atoms with van der Waals surface area (Å²) in [5, 5.41) is 9.57. The predicted octanol–water partition coefficient (Wildman–Crippen LogP) is 2.58. The number of aliphatic hydroxyl groups excluding tert-OH is 1. The summed E-state index contributed by atoms with van der Waals surface area (Å²) in [5.41, 5.74) is -0.0923. The van der Waals surface area contributed by atoms with Crippen LogP contribution in [0.5, 0.6) is 0 Å². The van der Waals surface area contributed by atoms with Crippen LogP contribution in [0.1, 0.15) is 33.6 Å². The summed E-state index contributed by atoms with van der Waals surface area (Å²) in [5.74, 6) is -0.318. The number of allylic oxidation sites excluding steroid dienone is 3. The Kier molecular flexibility index (Phi) is 8.48. The number of aldehydes is 1. The van der Waals surface area contributed by atoms with E-state index in [0.29, 0.717) is 25.0 Å². The zero-order valence-corrected chi connectivity index (χ0v) is 12.5. The van der Waals surface area contributed by atoms with Gasteiger partial charge >= 0.3 is 5.97 Å². The van der Waals surface area contributed by atoms with Gasteiger partial charge in [-0.3, -0.25) is 4.79 Å². The molecule has 0 saturated carbocycles.